The van der Waals surface area contributed by atoms with Gasteiger partial charge in [-0.15, -0.1) is 0 Å². The summed E-state index contributed by atoms with van der Waals surface area (Å²) in [5.74, 6) is -0.925. The molecule has 0 bridgehead atoms. The third-order valence-corrected chi connectivity index (χ3v) is 6.53. The number of rotatable bonds is 7. The minimum atomic E-state index is -3.63. The summed E-state index contributed by atoms with van der Waals surface area (Å²) in [6.07, 6.45) is 1.09. The molecule has 0 saturated carbocycles. The molecule has 0 aliphatic carbocycles. The van der Waals surface area contributed by atoms with Crippen LogP contribution in [0.3, 0.4) is 0 Å². The number of nitrogens with one attached hydrogen (secondary N) is 2. The topological polar surface area (TPSA) is 91.2 Å². The summed E-state index contributed by atoms with van der Waals surface area (Å²) >= 11 is 0. The lowest BCUT2D eigenvalue weighted by molar-refractivity contribution is -0.895. The van der Waals surface area contributed by atoms with Crippen LogP contribution in [0.1, 0.15) is 5.56 Å². The molecule has 0 unspecified atom stereocenters. The average Bonchev–Trinajstić information content (AvgIpc) is 2.72. The number of hydrogen-bond acceptors (Lipinski definition) is 4. The number of anilines is 2. The standard InChI is InChI=1S/C22H27FN4O4S/c1-17-6-3-4-9-20(17)27(32(2,30)31)16-22(29)26-12-10-25(11-13-26)15-21(28)24-19-8-5-7-18(23)14-19/h3-9,14H,10-13,15-16H2,1-2H3,(H,24,28)/p+1. The molecule has 1 saturated heterocycles. The molecular weight excluding hydrogens is 435 g/mol. The molecule has 0 spiro atoms. The van der Waals surface area contributed by atoms with Crippen LogP contribution in [0.15, 0.2) is 48.5 Å². The smallest absolute Gasteiger partial charge is 0.279 e. The Morgan fingerprint density at radius 3 is 2.44 bits per heavy atom. The van der Waals surface area contributed by atoms with Gasteiger partial charge in [-0.25, -0.2) is 12.8 Å². The Labute approximate surface area is 187 Å². The number of hydrogen-bond donors (Lipinski definition) is 2. The number of halogens is 1. The van der Waals surface area contributed by atoms with E-state index in [4.69, 9.17) is 0 Å². The summed E-state index contributed by atoms with van der Waals surface area (Å²) in [7, 11) is -3.63. The second kappa shape index (κ2) is 10.1. The highest BCUT2D eigenvalue weighted by Crippen LogP contribution is 2.22. The molecule has 0 radical (unpaired) electrons. The number of quaternary nitrogens is 1. The van der Waals surface area contributed by atoms with Gasteiger partial charge in [0, 0.05) is 5.69 Å². The first-order valence-corrected chi connectivity index (χ1v) is 12.2. The summed E-state index contributed by atoms with van der Waals surface area (Å²) in [6.45, 7) is 3.71. The predicted molar refractivity (Wildman–Crippen MR) is 121 cm³/mol. The minimum Gasteiger partial charge on any atom is -0.330 e. The Morgan fingerprint density at radius 2 is 1.81 bits per heavy atom. The van der Waals surface area contributed by atoms with E-state index in [1.807, 2.05) is 6.07 Å². The van der Waals surface area contributed by atoms with Gasteiger partial charge < -0.3 is 15.1 Å². The number of sulfonamides is 1. The molecule has 2 amide bonds. The zero-order chi connectivity index (χ0) is 23.3. The molecule has 2 aromatic carbocycles. The van der Waals surface area contributed by atoms with E-state index in [0.717, 1.165) is 21.0 Å². The highest BCUT2D eigenvalue weighted by molar-refractivity contribution is 7.92. The second-order valence-electron chi connectivity index (χ2n) is 7.92. The van der Waals surface area contributed by atoms with E-state index in [-0.39, 0.29) is 24.9 Å². The van der Waals surface area contributed by atoms with Crippen molar-refractivity contribution in [2.24, 2.45) is 0 Å². The van der Waals surface area contributed by atoms with Gasteiger partial charge >= 0.3 is 0 Å². The van der Waals surface area contributed by atoms with Crippen molar-refractivity contribution in [2.45, 2.75) is 6.92 Å². The van der Waals surface area contributed by atoms with Gasteiger partial charge in [0.05, 0.1) is 38.1 Å². The first-order chi connectivity index (χ1) is 15.1. The van der Waals surface area contributed by atoms with E-state index < -0.39 is 15.8 Å². The molecule has 1 heterocycles. The minimum absolute atomic E-state index is 0.206. The van der Waals surface area contributed by atoms with Crippen LogP contribution in [0.2, 0.25) is 0 Å². The number of aryl methyl sites for hydroxylation is 1. The molecule has 1 aliphatic heterocycles. The first-order valence-electron chi connectivity index (χ1n) is 10.3. The monoisotopic (exact) mass is 463 g/mol. The maximum absolute atomic E-state index is 13.3. The number of amides is 2. The maximum Gasteiger partial charge on any atom is 0.279 e. The normalized spacial score (nSPS) is 14.8. The third kappa shape index (κ3) is 6.27. The molecular formula is C22H28FN4O4S+. The summed E-state index contributed by atoms with van der Waals surface area (Å²) in [6, 6.07) is 12.7. The SMILES string of the molecule is Cc1ccccc1N(CC(=O)N1CC[NH+](CC(=O)Nc2cccc(F)c2)CC1)S(C)(=O)=O. The van der Waals surface area contributed by atoms with Gasteiger partial charge in [0.15, 0.2) is 6.54 Å². The van der Waals surface area contributed by atoms with Gasteiger partial charge in [-0.3, -0.25) is 13.9 Å². The van der Waals surface area contributed by atoms with E-state index in [1.54, 1.807) is 36.1 Å². The molecule has 172 valence electrons. The second-order valence-corrected chi connectivity index (χ2v) is 9.83. The molecule has 2 aromatic rings. The lowest BCUT2D eigenvalue weighted by Crippen LogP contribution is -3.15. The quantitative estimate of drug-likeness (QED) is 0.617. The zero-order valence-electron chi connectivity index (χ0n) is 18.2. The Balaban J connectivity index is 1.54. The van der Waals surface area contributed by atoms with E-state index in [0.29, 0.717) is 37.6 Å². The summed E-state index contributed by atoms with van der Waals surface area (Å²) in [5.41, 5.74) is 1.66. The summed E-state index contributed by atoms with van der Waals surface area (Å²) < 4.78 is 39.0. The van der Waals surface area contributed by atoms with Crippen LogP contribution in [-0.4, -0.2) is 70.7 Å². The maximum atomic E-state index is 13.3. The average molecular weight is 464 g/mol. The van der Waals surface area contributed by atoms with Crippen LogP contribution < -0.4 is 14.5 Å². The van der Waals surface area contributed by atoms with Gasteiger partial charge in [0.25, 0.3) is 5.91 Å². The fraction of sp³-hybridized carbons (Fsp3) is 0.364. The highest BCUT2D eigenvalue weighted by atomic mass is 32.2. The van der Waals surface area contributed by atoms with Crippen LogP contribution >= 0.6 is 0 Å². The van der Waals surface area contributed by atoms with E-state index >= 15 is 0 Å². The third-order valence-electron chi connectivity index (χ3n) is 5.41. The molecule has 1 fully saturated rings. The van der Waals surface area contributed by atoms with Crippen molar-refractivity contribution in [3.8, 4) is 0 Å². The van der Waals surface area contributed by atoms with E-state index in [2.05, 4.69) is 5.32 Å². The number of nitrogens with zero attached hydrogens (tertiary/aromatic N) is 2. The van der Waals surface area contributed by atoms with Crippen LogP contribution in [-0.2, 0) is 19.6 Å². The lowest BCUT2D eigenvalue weighted by Gasteiger charge is -2.33. The van der Waals surface area contributed by atoms with E-state index in [9.17, 15) is 22.4 Å². The van der Waals surface area contributed by atoms with Crippen LogP contribution in [0.4, 0.5) is 15.8 Å². The molecule has 8 nitrogen and oxygen atoms in total. The Bertz CT molecular complexity index is 1080. The Morgan fingerprint density at radius 1 is 1.12 bits per heavy atom. The highest BCUT2D eigenvalue weighted by Gasteiger charge is 2.29. The lowest BCUT2D eigenvalue weighted by atomic mass is 10.2. The van der Waals surface area contributed by atoms with Crippen LogP contribution in [0.25, 0.3) is 0 Å². The zero-order valence-corrected chi connectivity index (χ0v) is 19.0. The van der Waals surface area contributed by atoms with Crippen molar-refractivity contribution >= 4 is 33.2 Å². The van der Waals surface area contributed by atoms with Crippen molar-refractivity contribution in [1.82, 2.24) is 4.90 Å². The van der Waals surface area contributed by atoms with Gasteiger partial charge in [-0.1, -0.05) is 24.3 Å². The molecule has 10 heteroatoms. The van der Waals surface area contributed by atoms with Crippen molar-refractivity contribution < 1.29 is 27.3 Å². The van der Waals surface area contributed by atoms with Crippen LogP contribution in [0.5, 0.6) is 0 Å². The molecule has 0 atom stereocenters. The number of piperazine rings is 1. The number of benzene rings is 2. The predicted octanol–water partition coefficient (Wildman–Crippen LogP) is 0.266. The van der Waals surface area contributed by atoms with E-state index in [1.165, 1.54) is 18.2 Å². The largest absolute Gasteiger partial charge is 0.330 e. The van der Waals surface area contributed by atoms with Crippen molar-refractivity contribution in [2.75, 3.05) is 55.1 Å². The van der Waals surface area contributed by atoms with Crippen molar-refractivity contribution in [3.05, 3.63) is 59.9 Å². The number of carbonyl (C=O) groups excluding carboxylic acids is 2. The molecule has 1 aliphatic rings. The fourth-order valence-electron chi connectivity index (χ4n) is 3.69. The summed E-state index contributed by atoms with van der Waals surface area (Å²) in [5, 5.41) is 2.68. The Kier molecular flexibility index (Phi) is 7.47. The first kappa shape index (κ1) is 23.7. The Hall–Kier alpha value is -2.98. The van der Waals surface area contributed by atoms with Crippen molar-refractivity contribution in [3.63, 3.8) is 0 Å². The van der Waals surface area contributed by atoms with Gasteiger partial charge in [-0.05, 0) is 36.8 Å². The molecule has 2 N–H and O–H groups in total. The van der Waals surface area contributed by atoms with Crippen LogP contribution in [0, 0.1) is 12.7 Å². The molecule has 3 rings (SSSR count). The molecule has 0 aromatic heterocycles. The van der Waals surface area contributed by atoms with Gasteiger partial charge in [-0.2, -0.15) is 0 Å². The van der Waals surface area contributed by atoms with Gasteiger partial charge in [0.2, 0.25) is 15.9 Å². The van der Waals surface area contributed by atoms with Gasteiger partial charge in [0.1, 0.15) is 12.4 Å². The number of carbonyl (C=O) groups is 2. The van der Waals surface area contributed by atoms with Crippen molar-refractivity contribution in [1.29, 1.82) is 0 Å². The number of para-hydroxylation sites is 1. The summed E-state index contributed by atoms with van der Waals surface area (Å²) in [4.78, 5) is 27.7. The fourth-order valence-corrected chi connectivity index (χ4v) is 4.60. The molecule has 32 heavy (non-hydrogen) atoms.